The van der Waals surface area contributed by atoms with Gasteiger partial charge < -0.3 is 5.32 Å². The zero-order chi connectivity index (χ0) is 17.2. The number of nitrogens with one attached hydrogen (secondary N) is 2. The van der Waals surface area contributed by atoms with Gasteiger partial charge in [-0.2, -0.15) is 0 Å². The molecule has 0 aromatic heterocycles. The first-order valence-corrected chi connectivity index (χ1v) is 11.3. The second-order valence-electron chi connectivity index (χ2n) is 10.4. The minimum Gasteiger partial charge on any atom is -0.340 e. The zero-order valence-corrected chi connectivity index (χ0v) is 15.8. The van der Waals surface area contributed by atoms with E-state index < -0.39 is 0 Å². The molecule has 0 aromatic rings. The van der Waals surface area contributed by atoms with Gasteiger partial charge in [0.2, 0.25) is 0 Å². The fraction of sp³-hybridized carbons (Fsp3) is 0.864. The van der Waals surface area contributed by atoms with Crippen molar-refractivity contribution < 1.29 is 4.79 Å². The van der Waals surface area contributed by atoms with Gasteiger partial charge >= 0.3 is 6.03 Å². The quantitative estimate of drug-likeness (QED) is 0.656. The Morgan fingerprint density at radius 1 is 0.885 bits per heavy atom. The molecule has 0 radical (unpaired) electrons. The summed E-state index contributed by atoms with van der Waals surface area (Å²) in [6.07, 6.45) is 11.3. The minimum atomic E-state index is 0.0987. The maximum Gasteiger partial charge on any atom is 0.332 e. The Morgan fingerprint density at radius 3 is 2.23 bits per heavy atom. The number of hydrogen-bond acceptors (Lipinski definition) is 2. The highest BCUT2D eigenvalue weighted by Gasteiger charge is 2.65. The van der Waals surface area contributed by atoms with Crippen molar-refractivity contribution >= 4 is 6.03 Å². The topological polar surface area (TPSA) is 44.4 Å². The maximum atomic E-state index is 12.9. The Morgan fingerprint density at radius 2 is 1.50 bits per heavy atom. The molecule has 6 aliphatic carbocycles. The van der Waals surface area contributed by atoms with E-state index in [0.717, 1.165) is 47.3 Å². The van der Waals surface area contributed by atoms with Crippen LogP contribution in [0.15, 0.2) is 11.1 Å². The van der Waals surface area contributed by atoms with Crippen LogP contribution in [0.3, 0.4) is 0 Å². The lowest BCUT2D eigenvalue weighted by atomic mass is 9.83. The smallest absolute Gasteiger partial charge is 0.332 e. The highest BCUT2D eigenvalue weighted by Crippen LogP contribution is 2.68. The molecule has 2 N–H and O–H groups in total. The number of rotatable bonds is 0. The van der Waals surface area contributed by atoms with Gasteiger partial charge in [0.25, 0.3) is 0 Å². The van der Waals surface area contributed by atoms with E-state index in [2.05, 4.69) is 15.8 Å². The molecule has 0 bridgehead atoms. The third kappa shape index (κ3) is 1.54. The molecule has 8 unspecified atom stereocenters. The van der Waals surface area contributed by atoms with Crippen LogP contribution in [-0.2, 0) is 0 Å². The number of amides is 2. The van der Waals surface area contributed by atoms with Gasteiger partial charge in [-0.3, -0.25) is 5.01 Å². The van der Waals surface area contributed by atoms with Crippen molar-refractivity contribution in [1.82, 2.24) is 15.8 Å². The maximum absolute atomic E-state index is 12.9. The average molecular weight is 354 g/mol. The van der Waals surface area contributed by atoms with E-state index in [9.17, 15) is 4.79 Å². The monoisotopic (exact) mass is 353 g/mol. The number of carbonyl (C=O) groups is 1. The molecule has 2 amide bonds. The van der Waals surface area contributed by atoms with E-state index in [0.29, 0.717) is 12.1 Å². The van der Waals surface area contributed by atoms with Crippen molar-refractivity contribution in [3.8, 4) is 0 Å². The van der Waals surface area contributed by atoms with Crippen LogP contribution in [-0.4, -0.2) is 30.2 Å². The Labute approximate surface area is 156 Å². The van der Waals surface area contributed by atoms with Gasteiger partial charge in [0.15, 0.2) is 0 Å². The molecule has 1 heterocycles. The number of nitrogens with zero attached hydrogens (tertiary/aromatic N) is 1. The number of carbonyl (C=O) groups excluding carboxylic acids is 1. The lowest BCUT2D eigenvalue weighted by molar-refractivity contribution is 0.0984. The van der Waals surface area contributed by atoms with Crippen molar-refractivity contribution in [3.05, 3.63) is 11.1 Å². The van der Waals surface area contributed by atoms with Crippen LogP contribution in [0.1, 0.15) is 51.4 Å². The molecule has 1 aliphatic heterocycles. The first-order valence-electron chi connectivity index (χ1n) is 11.3. The Balaban J connectivity index is 1.42. The first kappa shape index (κ1) is 15.0. The van der Waals surface area contributed by atoms with E-state index in [1.165, 1.54) is 51.4 Å². The van der Waals surface area contributed by atoms with Crippen LogP contribution < -0.4 is 10.7 Å². The van der Waals surface area contributed by atoms with Crippen molar-refractivity contribution in [1.29, 1.82) is 0 Å². The number of hydrazine groups is 1. The molecule has 10 atom stereocenters. The van der Waals surface area contributed by atoms with E-state index in [1.54, 1.807) is 12.6 Å². The van der Waals surface area contributed by atoms with Gasteiger partial charge in [-0.15, -0.1) is 0 Å². The van der Waals surface area contributed by atoms with E-state index >= 15 is 0 Å². The highest BCUT2D eigenvalue weighted by atomic mass is 16.2. The molecule has 140 valence electrons. The molecule has 0 spiro atoms. The molecule has 7 aliphatic rings. The Hall–Kier alpha value is -1.03. The third-order valence-electron chi connectivity index (χ3n) is 10.1. The molecule has 0 aromatic carbocycles. The van der Waals surface area contributed by atoms with Gasteiger partial charge in [0.05, 0.1) is 12.1 Å². The van der Waals surface area contributed by atoms with Crippen LogP contribution >= 0.6 is 0 Å². The van der Waals surface area contributed by atoms with Gasteiger partial charge in [-0.05, 0) is 110 Å². The summed E-state index contributed by atoms with van der Waals surface area (Å²) in [5.74, 6) is 6.92. The third-order valence-corrected chi connectivity index (χ3v) is 10.1. The highest BCUT2D eigenvalue weighted by molar-refractivity contribution is 5.75. The van der Waals surface area contributed by atoms with Crippen molar-refractivity contribution in [2.24, 2.45) is 47.3 Å². The summed E-state index contributed by atoms with van der Waals surface area (Å²) in [5.41, 5.74) is 7.46. The van der Waals surface area contributed by atoms with E-state index in [4.69, 9.17) is 0 Å². The van der Waals surface area contributed by atoms with Crippen LogP contribution in [0.2, 0.25) is 0 Å². The van der Waals surface area contributed by atoms with Crippen LogP contribution in [0.4, 0.5) is 4.79 Å². The summed E-state index contributed by atoms with van der Waals surface area (Å²) in [4.78, 5) is 12.9. The largest absolute Gasteiger partial charge is 0.340 e. The molecule has 4 heteroatoms. The summed E-state index contributed by atoms with van der Waals surface area (Å²) in [6.45, 7) is 0. The van der Waals surface area contributed by atoms with Crippen LogP contribution in [0.5, 0.6) is 0 Å². The Kier molecular flexibility index (Phi) is 2.80. The average Bonchev–Trinajstić information content (AvgIpc) is 3.43. The predicted octanol–water partition coefficient (Wildman–Crippen LogP) is 3.31. The Bertz CT molecular complexity index is 716. The molecule has 0 saturated heterocycles. The van der Waals surface area contributed by atoms with Crippen LogP contribution in [0, 0.1) is 47.3 Å². The van der Waals surface area contributed by atoms with Gasteiger partial charge in [0.1, 0.15) is 0 Å². The normalized spacial score (nSPS) is 55.2. The van der Waals surface area contributed by atoms with Gasteiger partial charge in [0, 0.05) is 7.05 Å². The number of hydrogen-bond donors (Lipinski definition) is 2. The first-order chi connectivity index (χ1) is 12.8. The summed E-state index contributed by atoms with van der Waals surface area (Å²) in [6, 6.07) is 0.928. The predicted molar refractivity (Wildman–Crippen MR) is 98.9 cm³/mol. The van der Waals surface area contributed by atoms with Crippen molar-refractivity contribution in [3.63, 3.8) is 0 Å². The minimum absolute atomic E-state index is 0.0987. The molecule has 4 nitrogen and oxygen atoms in total. The fourth-order valence-corrected chi connectivity index (χ4v) is 9.59. The van der Waals surface area contributed by atoms with Crippen molar-refractivity contribution in [2.45, 2.75) is 63.5 Å². The summed E-state index contributed by atoms with van der Waals surface area (Å²) < 4.78 is 0. The second-order valence-corrected chi connectivity index (χ2v) is 10.4. The molecular formula is C22H31N3O. The zero-order valence-electron chi connectivity index (χ0n) is 15.8. The SMILES string of the molecule is CNC(=O)N1NC2C(=C3C4CCC5CCC(C31)[C@H]54)C1CCC3CCC2[C@@H]31. The standard InChI is InChI=1S/C22H31N3O/c1-23-22(26)25-21-15-9-5-11-3-7-13(17(11)15)19(21)18-12-6-2-10-4-8-14(16(10)12)20(18)24-25/h10-17,20-21,24H,2-9H2,1H3,(H,23,26)/t10?,11?,12?,13?,14?,15?,16-,17+,20?,21?/m0/s1. The molecule has 6 fully saturated rings. The molecule has 7 rings (SSSR count). The lowest BCUT2D eigenvalue weighted by Crippen LogP contribution is -2.61. The molecule has 6 saturated carbocycles. The van der Waals surface area contributed by atoms with E-state index in [-0.39, 0.29) is 6.03 Å². The summed E-state index contributed by atoms with van der Waals surface area (Å²) >= 11 is 0. The van der Waals surface area contributed by atoms with Crippen LogP contribution in [0.25, 0.3) is 0 Å². The number of urea groups is 1. The van der Waals surface area contributed by atoms with E-state index in [1.807, 2.05) is 5.57 Å². The van der Waals surface area contributed by atoms with Gasteiger partial charge in [-0.25, -0.2) is 10.2 Å². The molecular weight excluding hydrogens is 322 g/mol. The number of fused-ring (bicyclic) bond motifs is 6. The molecule has 26 heavy (non-hydrogen) atoms. The summed E-state index contributed by atoms with van der Waals surface area (Å²) in [7, 11) is 1.80. The van der Waals surface area contributed by atoms with Gasteiger partial charge in [-0.1, -0.05) is 0 Å². The lowest BCUT2D eigenvalue weighted by Gasteiger charge is -2.43. The fourth-order valence-electron chi connectivity index (χ4n) is 9.59. The summed E-state index contributed by atoms with van der Waals surface area (Å²) in [5, 5.41) is 5.03. The van der Waals surface area contributed by atoms with Crippen molar-refractivity contribution in [2.75, 3.05) is 7.05 Å². The second kappa shape index (κ2) is 4.87.